The first-order chi connectivity index (χ1) is 13.1. The fourth-order valence-electron chi connectivity index (χ4n) is 4.07. The monoisotopic (exact) mass is 396 g/mol. The summed E-state index contributed by atoms with van der Waals surface area (Å²) in [5.41, 5.74) is 0. The van der Waals surface area contributed by atoms with Gasteiger partial charge in [0.1, 0.15) is 13.2 Å². The molecule has 2 saturated heterocycles. The quantitative estimate of drug-likeness (QED) is 0.815. The Balaban J connectivity index is 1.29. The summed E-state index contributed by atoms with van der Waals surface area (Å²) in [6, 6.07) is 5.41. The fourth-order valence-corrected chi connectivity index (χ4v) is 5.21. The van der Waals surface area contributed by atoms with Gasteiger partial charge in [-0.15, -0.1) is 0 Å². The van der Waals surface area contributed by atoms with Crippen molar-refractivity contribution in [3.63, 3.8) is 0 Å². The van der Waals surface area contributed by atoms with Crippen LogP contribution < -0.4 is 14.2 Å². The molecule has 1 N–H and O–H groups in total. The predicted octanol–water partition coefficient (Wildman–Crippen LogP) is 1.63. The Hall–Kier alpha value is -1.35. The summed E-state index contributed by atoms with van der Waals surface area (Å²) in [4.78, 5) is 2.78. The van der Waals surface area contributed by atoms with Gasteiger partial charge in [0.25, 0.3) is 0 Å². The van der Waals surface area contributed by atoms with E-state index in [-0.39, 0.29) is 4.90 Å². The second-order valence-corrected chi connectivity index (χ2v) is 9.25. The summed E-state index contributed by atoms with van der Waals surface area (Å²) in [5.74, 6) is 1.47. The number of likely N-dealkylation sites (tertiary alicyclic amines) is 1. The second kappa shape index (κ2) is 8.34. The molecule has 0 atom stereocenters. The summed E-state index contributed by atoms with van der Waals surface area (Å²) in [5, 5.41) is 0. The molecule has 0 radical (unpaired) electrons. The molecule has 1 aromatic carbocycles. The summed E-state index contributed by atoms with van der Waals surface area (Å²) < 4.78 is 44.5. The molecule has 0 bridgehead atoms. The molecule has 2 fully saturated rings. The van der Waals surface area contributed by atoms with Gasteiger partial charge in [-0.3, -0.25) is 0 Å². The molecule has 150 valence electrons. The van der Waals surface area contributed by atoms with E-state index in [9.17, 15) is 8.42 Å². The van der Waals surface area contributed by atoms with E-state index >= 15 is 0 Å². The molecular formula is C19H28N2O5S. The highest BCUT2D eigenvalue weighted by molar-refractivity contribution is 7.89. The molecule has 0 saturated carbocycles. The van der Waals surface area contributed by atoms with Crippen molar-refractivity contribution in [3.05, 3.63) is 18.2 Å². The van der Waals surface area contributed by atoms with E-state index in [4.69, 9.17) is 14.2 Å². The first-order valence-corrected chi connectivity index (χ1v) is 11.3. The van der Waals surface area contributed by atoms with E-state index in [2.05, 4.69) is 9.62 Å². The molecule has 0 aromatic heterocycles. The van der Waals surface area contributed by atoms with Crippen LogP contribution in [0.2, 0.25) is 0 Å². The molecule has 0 unspecified atom stereocenters. The molecule has 1 aromatic rings. The van der Waals surface area contributed by atoms with Crippen LogP contribution >= 0.6 is 0 Å². The molecule has 27 heavy (non-hydrogen) atoms. The molecule has 0 spiro atoms. The van der Waals surface area contributed by atoms with Crippen LogP contribution in [0.4, 0.5) is 0 Å². The number of benzene rings is 1. The van der Waals surface area contributed by atoms with Crippen LogP contribution in [-0.2, 0) is 14.8 Å². The highest BCUT2D eigenvalue weighted by Gasteiger charge is 2.27. The Bertz CT molecular complexity index is 740. The Kier molecular flexibility index (Phi) is 5.87. The van der Waals surface area contributed by atoms with Crippen molar-refractivity contribution >= 4 is 10.0 Å². The lowest BCUT2D eigenvalue weighted by Gasteiger charge is -2.39. The standard InChI is InChI=1S/C19H28N2O5S/c22-27(23,17-1-2-18-19(13-17)26-12-11-25-18)20-14-15-3-7-21(8-4-15)16-5-9-24-10-6-16/h1-2,13,15-16,20H,3-12,14H2. The number of fused-ring (bicyclic) bond motifs is 1. The van der Waals surface area contributed by atoms with Gasteiger partial charge in [0.2, 0.25) is 10.0 Å². The average Bonchev–Trinajstić information content (AvgIpc) is 2.73. The third-order valence-corrected chi connectivity index (χ3v) is 7.16. The van der Waals surface area contributed by atoms with Crippen LogP contribution in [-0.4, -0.2) is 65.4 Å². The minimum Gasteiger partial charge on any atom is -0.486 e. The number of hydrogen-bond donors (Lipinski definition) is 1. The van der Waals surface area contributed by atoms with E-state index in [1.54, 1.807) is 18.2 Å². The van der Waals surface area contributed by atoms with Gasteiger partial charge in [0.05, 0.1) is 4.90 Å². The van der Waals surface area contributed by atoms with Gasteiger partial charge in [0.15, 0.2) is 11.5 Å². The number of hydrogen-bond acceptors (Lipinski definition) is 6. The van der Waals surface area contributed by atoms with Crippen LogP contribution in [0.15, 0.2) is 23.1 Å². The highest BCUT2D eigenvalue weighted by Crippen LogP contribution is 2.32. The summed E-state index contributed by atoms with van der Waals surface area (Å²) >= 11 is 0. The SMILES string of the molecule is O=S(=O)(NCC1CCN(C2CCOCC2)CC1)c1ccc2c(c1)OCCO2. The molecular weight excluding hydrogens is 368 g/mol. The van der Waals surface area contributed by atoms with Crippen LogP contribution in [0, 0.1) is 5.92 Å². The summed E-state index contributed by atoms with van der Waals surface area (Å²) in [6.45, 7) is 5.22. The number of ether oxygens (including phenoxy) is 3. The van der Waals surface area contributed by atoms with Gasteiger partial charge in [0, 0.05) is 31.9 Å². The van der Waals surface area contributed by atoms with Crippen LogP contribution in [0.1, 0.15) is 25.7 Å². The van der Waals surface area contributed by atoms with E-state index in [1.165, 1.54) is 0 Å². The lowest BCUT2D eigenvalue weighted by Crippen LogP contribution is -2.45. The van der Waals surface area contributed by atoms with Crippen molar-refractivity contribution in [2.24, 2.45) is 5.92 Å². The zero-order valence-corrected chi connectivity index (χ0v) is 16.4. The third-order valence-electron chi connectivity index (χ3n) is 5.74. The molecule has 3 heterocycles. The van der Waals surface area contributed by atoms with Crippen molar-refractivity contribution in [1.29, 1.82) is 0 Å². The largest absolute Gasteiger partial charge is 0.486 e. The zero-order valence-electron chi connectivity index (χ0n) is 15.6. The maximum Gasteiger partial charge on any atom is 0.240 e. The molecule has 8 heteroatoms. The number of piperidine rings is 1. The van der Waals surface area contributed by atoms with Crippen molar-refractivity contribution < 1.29 is 22.6 Å². The van der Waals surface area contributed by atoms with Gasteiger partial charge in [-0.05, 0) is 56.8 Å². The van der Waals surface area contributed by atoms with Crippen molar-refractivity contribution in [2.45, 2.75) is 36.6 Å². The minimum absolute atomic E-state index is 0.228. The van der Waals surface area contributed by atoms with Gasteiger partial charge in [-0.1, -0.05) is 0 Å². The van der Waals surface area contributed by atoms with Gasteiger partial charge in [-0.25, -0.2) is 13.1 Å². The minimum atomic E-state index is -3.54. The highest BCUT2D eigenvalue weighted by atomic mass is 32.2. The van der Waals surface area contributed by atoms with E-state index in [1.807, 2.05) is 0 Å². The smallest absolute Gasteiger partial charge is 0.240 e. The first kappa shape index (κ1) is 19.0. The average molecular weight is 397 g/mol. The topological polar surface area (TPSA) is 77.1 Å². The van der Waals surface area contributed by atoms with Crippen LogP contribution in [0.25, 0.3) is 0 Å². The fraction of sp³-hybridized carbons (Fsp3) is 0.684. The molecule has 3 aliphatic heterocycles. The lowest BCUT2D eigenvalue weighted by atomic mass is 9.94. The summed E-state index contributed by atoms with van der Waals surface area (Å²) in [6.07, 6.45) is 4.28. The maximum absolute atomic E-state index is 12.6. The van der Waals surface area contributed by atoms with Gasteiger partial charge >= 0.3 is 0 Å². The van der Waals surface area contributed by atoms with E-state index < -0.39 is 10.0 Å². The second-order valence-electron chi connectivity index (χ2n) is 7.48. The third kappa shape index (κ3) is 4.56. The summed E-state index contributed by atoms with van der Waals surface area (Å²) in [7, 11) is -3.54. The van der Waals surface area contributed by atoms with Crippen molar-refractivity contribution in [1.82, 2.24) is 9.62 Å². The van der Waals surface area contributed by atoms with Crippen molar-refractivity contribution in [2.75, 3.05) is 46.1 Å². The Labute approximate surface area is 161 Å². The van der Waals surface area contributed by atoms with Crippen molar-refractivity contribution in [3.8, 4) is 11.5 Å². The molecule has 7 nitrogen and oxygen atoms in total. The number of nitrogens with zero attached hydrogens (tertiary/aromatic N) is 1. The lowest BCUT2D eigenvalue weighted by molar-refractivity contribution is 0.0214. The molecule has 0 amide bonds. The molecule has 4 rings (SSSR count). The van der Waals surface area contributed by atoms with Crippen LogP contribution in [0.5, 0.6) is 11.5 Å². The molecule has 3 aliphatic rings. The van der Waals surface area contributed by atoms with Gasteiger partial charge in [-0.2, -0.15) is 0 Å². The van der Waals surface area contributed by atoms with E-state index in [0.29, 0.717) is 43.2 Å². The number of rotatable bonds is 5. The predicted molar refractivity (Wildman–Crippen MR) is 101 cm³/mol. The Morgan fingerprint density at radius 3 is 2.41 bits per heavy atom. The zero-order chi connectivity index (χ0) is 18.7. The van der Waals surface area contributed by atoms with Crippen LogP contribution in [0.3, 0.4) is 0 Å². The number of nitrogens with one attached hydrogen (secondary N) is 1. The maximum atomic E-state index is 12.6. The normalized spacial score (nSPS) is 22.7. The van der Waals surface area contributed by atoms with Gasteiger partial charge < -0.3 is 19.1 Å². The Morgan fingerprint density at radius 2 is 1.67 bits per heavy atom. The Morgan fingerprint density at radius 1 is 0.963 bits per heavy atom. The van der Waals surface area contributed by atoms with E-state index in [0.717, 1.165) is 52.0 Å². The molecule has 0 aliphatic carbocycles. The first-order valence-electron chi connectivity index (χ1n) is 9.83. The number of sulfonamides is 1.